The monoisotopic (exact) mass is 295 g/mol. The maximum absolute atomic E-state index is 12.3. The van der Waals surface area contributed by atoms with Gasteiger partial charge in [-0.15, -0.1) is 11.6 Å². The summed E-state index contributed by atoms with van der Waals surface area (Å²) in [5.74, 6) is 0.306. The molecule has 1 aliphatic heterocycles. The van der Waals surface area contributed by atoms with Crippen molar-refractivity contribution in [1.82, 2.24) is 0 Å². The summed E-state index contributed by atoms with van der Waals surface area (Å²) >= 11 is 5.58. The van der Waals surface area contributed by atoms with E-state index in [1.165, 1.54) is 0 Å². The molecule has 4 nitrogen and oxygen atoms in total. The number of halogens is 1. The van der Waals surface area contributed by atoms with Gasteiger partial charge in [-0.2, -0.15) is 0 Å². The minimum Gasteiger partial charge on any atom is -0.487 e. The molecule has 108 valence electrons. The number of nitrogens with zero attached hydrogens (tertiary/aromatic N) is 1. The summed E-state index contributed by atoms with van der Waals surface area (Å²) in [6.07, 6.45) is -0.0696. The summed E-state index contributed by atoms with van der Waals surface area (Å²) in [5, 5.41) is 0. The summed E-state index contributed by atoms with van der Waals surface area (Å²) in [7, 11) is 0. The predicted octanol–water partition coefficient (Wildman–Crippen LogP) is 2.88. The van der Waals surface area contributed by atoms with Gasteiger partial charge in [-0.25, -0.2) is 0 Å². The zero-order valence-electron chi connectivity index (χ0n) is 11.9. The highest BCUT2D eigenvalue weighted by atomic mass is 35.5. The van der Waals surface area contributed by atoms with E-state index in [1.54, 1.807) is 23.1 Å². The molecule has 0 radical (unpaired) electrons. The maximum Gasteiger partial charge on any atom is 0.229 e. The van der Waals surface area contributed by atoms with Crippen LogP contribution in [0.5, 0.6) is 5.75 Å². The molecule has 1 aromatic rings. The molecule has 0 spiro atoms. The normalized spacial score (nSPS) is 17.6. The third-order valence-corrected chi connectivity index (χ3v) is 3.46. The van der Waals surface area contributed by atoms with Crippen LogP contribution in [0, 0.1) is 5.92 Å². The van der Waals surface area contributed by atoms with Crippen molar-refractivity contribution in [2.75, 3.05) is 17.3 Å². The van der Waals surface area contributed by atoms with E-state index in [9.17, 15) is 9.59 Å². The lowest BCUT2D eigenvalue weighted by Gasteiger charge is -2.34. The number of benzene rings is 1. The largest absolute Gasteiger partial charge is 0.487 e. The molecule has 1 aliphatic rings. The number of Topliss-reactive ketones (excluding diaryl/α,β-unsaturated/α-hetero) is 1. The van der Waals surface area contributed by atoms with Crippen molar-refractivity contribution in [2.45, 2.75) is 26.9 Å². The Balaban J connectivity index is 2.45. The lowest BCUT2D eigenvalue weighted by atomic mass is 10.1. The van der Waals surface area contributed by atoms with E-state index < -0.39 is 0 Å². The van der Waals surface area contributed by atoms with Crippen molar-refractivity contribution in [3.05, 3.63) is 23.8 Å². The highest BCUT2D eigenvalue weighted by Crippen LogP contribution is 2.35. The molecule has 0 aliphatic carbocycles. The zero-order valence-corrected chi connectivity index (χ0v) is 12.6. The van der Waals surface area contributed by atoms with Gasteiger partial charge in [-0.1, -0.05) is 13.8 Å². The maximum atomic E-state index is 12.3. The van der Waals surface area contributed by atoms with Gasteiger partial charge >= 0.3 is 0 Å². The molecule has 0 fully saturated rings. The number of ketones is 1. The Hall–Kier alpha value is -1.55. The van der Waals surface area contributed by atoms with Crippen molar-refractivity contribution < 1.29 is 14.3 Å². The van der Waals surface area contributed by atoms with E-state index >= 15 is 0 Å². The standard InChI is InChI=1S/C15H18ClNO3/c1-9(2)15(19)17-8-10(3)20-14-5-4-11(6-12(14)17)13(18)7-16/h4-6,9-10H,7-8H2,1-3H3. The zero-order chi connectivity index (χ0) is 14.9. The van der Waals surface area contributed by atoms with Crippen LogP contribution in [0.3, 0.4) is 0 Å². The van der Waals surface area contributed by atoms with Crippen LogP contribution in [-0.2, 0) is 4.79 Å². The van der Waals surface area contributed by atoms with Gasteiger partial charge in [0.25, 0.3) is 0 Å². The Kier molecular flexibility index (Phi) is 4.33. The van der Waals surface area contributed by atoms with E-state index in [0.29, 0.717) is 23.5 Å². The summed E-state index contributed by atoms with van der Waals surface area (Å²) in [5.41, 5.74) is 1.15. The number of carbonyl (C=O) groups excluding carboxylic acids is 2. The van der Waals surface area contributed by atoms with Crippen molar-refractivity contribution >= 4 is 29.0 Å². The number of amides is 1. The fourth-order valence-electron chi connectivity index (χ4n) is 2.21. The first-order valence-corrected chi connectivity index (χ1v) is 7.18. The number of rotatable bonds is 3. The van der Waals surface area contributed by atoms with Crippen LogP contribution in [0.25, 0.3) is 0 Å². The summed E-state index contributed by atoms with van der Waals surface area (Å²) < 4.78 is 5.72. The molecule has 20 heavy (non-hydrogen) atoms. The molecule has 1 amide bonds. The molecule has 0 saturated heterocycles. The SMILES string of the molecule is CC1CN(C(=O)C(C)C)c2cc(C(=O)CCl)ccc2O1. The molecular formula is C15H18ClNO3. The molecule has 1 unspecified atom stereocenters. The quantitative estimate of drug-likeness (QED) is 0.636. The van der Waals surface area contributed by atoms with Crippen molar-refractivity contribution in [2.24, 2.45) is 5.92 Å². The Morgan fingerprint density at radius 2 is 2.15 bits per heavy atom. The van der Waals surface area contributed by atoms with Crippen LogP contribution in [0.15, 0.2) is 18.2 Å². The second kappa shape index (κ2) is 5.83. The number of fused-ring (bicyclic) bond motifs is 1. The molecule has 0 bridgehead atoms. The molecule has 1 atom stereocenters. The van der Waals surface area contributed by atoms with Gasteiger partial charge in [0.15, 0.2) is 5.78 Å². The minimum absolute atomic E-state index is 0.0249. The van der Waals surface area contributed by atoms with E-state index in [-0.39, 0.29) is 29.6 Å². The Morgan fingerprint density at radius 1 is 1.45 bits per heavy atom. The first-order valence-electron chi connectivity index (χ1n) is 6.65. The van der Waals surface area contributed by atoms with E-state index in [0.717, 1.165) is 0 Å². The molecule has 1 aromatic carbocycles. The number of hydrogen-bond donors (Lipinski definition) is 0. The Morgan fingerprint density at radius 3 is 2.75 bits per heavy atom. The fraction of sp³-hybridized carbons (Fsp3) is 0.467. The van der Waals surface area contributed by atoms with Crippen molar-refractivity contribution in [3.63, 3.8) is 0 Å². The molecule has 0 saturated carbocycles. The highest BCUT2D eigenvalue weighted by Gasteiger charge is 2.29. The Labute approximate surface area is 123 Å². The van der Waals surface area contributed by atoms with Crippen molar-refractivity contribution in [3.8, 4) is 5.75 Å². The number of anilines is 1. The van der Waals surface area contributed by atoms with E-state index in [2.05, 4.69) is 0 Å². The van der Waals surface area contributed by atoms with Gasteiger partial charge in [-0.05, 0) is 25.1 Å². The molecule has 0 N–H and O–H groups in total. The topological polar surface area (TPSA) is 46.6 Å². The number of alkyl halides is 1. The molecule has 2 rings (SSSR count). The third kappa shape index (κ3) is 2.80. The fourth-order valence-corrected chi connectivity index (χ4v) is 2.36. The smallest absolute Gasteiger partial charge is 0.229 e. The predicted molar refractivity (Wildman–Crippen MR) is 78.8 cm³/mol. The van der Waals surface area contributed by atoms with Gasteiger partial charge in [0, 0.05) is 11.5 Å². The second-order valence-corrected chi connectivity index (χ2v) is 5.54. The highest BCUT2D eigenvalue weighted by molar-refractivity contribution is 6.30. The lowest BCUT2D eigenvalue weighted by Crippen LogP contribution is -2.44. The van der Waals surface area contributed by atoms with Gasteiger partial charge < -0.3 is 9.64 Å². The number of ether oxygens (including phenoxy) is 1. The van der Waals surface area contributed by atoms with Gasteiger partial charge in [0.2, 0.25) is 5.91 Å². The summed E-state index contributed by atoms with van der Waals surface area (Å²) in [6, 6.07) is 5.09. The summed E-state index contributed by atoms with van der Waals surface area (Å²) in [4.78, 5) is 25.7. The van der Waals surface area contributed by atoms with E-state index in [1.807, 2.05) is 20.8 Å². The van der Waals surface area contributed by atoms with Crippen LogP contribution in [-0.4, -0.2) is 30.2 Å². The van der Waals surface area contributed by atoms with Crippen LogP contribution in [0.1, 0.15) is 31.1 Å². The van der Waals surface area contributed by atoms with Crippen LogP contribution >= 0.6 is 11.6 Å². The Bertz CT molecular complexity index is 542. The molecule has 5 heteroatoms. The average Bonchev–Trinajstić information content (AvgIpc) is 2.44. The summed E-state index contributed by atoms with van der Waals surface area (Å²) in [6.45, 7) is 6.12. The van der Waals surface area contributed by atoms with Gasteiger partial charge in [0.05, 0.1) is 18.1 Å². The van der Waals surface area contributed by atoms with Crippen LogP contribution in [0.2, 0.25) is 0 Å². The minimum atomic E-state index is -0.162. The second-order valence-electron chi connectivity index (χ2n) is 5.27. The van der Waals surface area contributed by atoms with Gasteiger partial charge in [-0.3, -0.25) is 9.59 Å². The van der Waals surface area contributed by atoms with Crippen LogP contribution in [0.4, 0.5) is 5.69 Å². The average molecular weight is 296 g/mol. The van der Waals surface area contributed by atoms with Crippen molar-refractivity contribution in [1.29, 1.82) is 0 Å². The first-order chi connectivity index (χ1) is 9.43. The first kappa shape index (κ1) is 14.9. The third-order valence-electron chi connectivity index (χ3n) is 3.22. The van der Waals surface area contributed by atoms with Crippen LogP contribution < -0.4 is 9.64 Å². The van der Waals surface area contributed by atoms with E-state index in [4.69, 9.17) is 16.3 Å². The molecule has 1 heterocycles. The molecular weight excluding hydrogens is 278 g/mol. The lowest BCUT2D eigenvalue weighted by molar-refractivity contribution is -0.121. The van der Waals surface area contributed by atoms with Gasteiger partial charge in [0.1, 0.15) is 11.9 Å². The molecule has 0 aromatic heterocycles. The number of hydrogen-bond acceptors (Lipinski definition) is 3. The number of carbonyl (C=O) groups is 2.